The molecule has 2 heterocycles. The normalized spacial score (nSPS) is 21.7. The summed E-state index contributed by atoms with van der Waals surface area (Å²) < 4.78 is 38.3. The Labute approximate surface area is 122 Å². The van der Waals surface area contributed by atoms with E-state index in [-0.39, 0.29) is 11.0 Å². The summed E-state index contributed by atoms with van der Waals surface area (Å²) in [5, 5.41) is 0. The van der Waals surface area contributed by atoms with Crippen molar-refractivity contribution in [2.45, 2.75) is 11.0 Å². The SMILES string of the molecule is O=S1(=O)c2ccccc2Oc2ccccc2N1CC1CO1. The third kappa shape index (κ3) is 2.07. The minimum atomic E-state index is -3.66. The molecule has 1 atom stereocenters. The van der Waals surface area contributed by atoms with E-state index >= 15 is 0 Å². The Morgan fingerprint density at radius 1 is 1.05 bits per heavy atom. The van der Waals surface area contributed by atoms with Gasteiger partial charge in [-0.1, -0.05) is 24.3 Å². The van der Waals surface area contributed by atoms with Crippen LogP contribution >= 0.6 is 0 Å². The van der Waals surface area contributed by atoms with E-state index in [1.807, 2.05) is 6.07 Å². The van der Waals surface area contributed by atoms with Gasteiger partial charge in [0, 0.05) is 0 Å². The smallest absolute Gasteiger partial charge is 0.268 e. The highest BCUT2D eigenvalue weighted by molar-refractivity contribution is 7.93. The van der Waals surface area contributed by atoms with Gasteiger partial charge in [0.25, 0.3) is 10.0 Å². The summed E-state index contributed by atoms with van der Waals surface area (Å²) in [4.78, 5) is 0.182. The molecule has 0 spiro atoms. The van der Waals surface area contributed by atoms with Crippen LogP contribution in [0.15, 0.2) is 53.4 Å². The predicted octanol–water partition coefficient (Wildman–Crippen LogP) is 2.39. The number of sulfonamides is 1. The number of fused-ring (bicyclic) bond motifs is 2. The molecule has 1 fully saturated rings. The monoisotopic (exact) mass is 303 g/mol. The Hall–Kier alpha value is -2.05. The van der Waals surface area contributed by atoms with Crippen molar-refractivity contribution in [3.63, 3.8) is 0 Å². The van der Waals surface area contributed by atoms with Gasteiger partial charge in [0.05, 0.1) is 24.9 Å². The van der Waals surface area contributed by atoms with Gasteiger partial charge in [-0.05, 0) is 24.3 Å². The van der Waals surface area contributed by atoms with Crippen LogP contribution in [0.25, 0.3) is 0 Å². The zero-order chi connectivity index (χ0) is 14.4. The van der Waals surface area contributed by atoms with Crippen LogP contribution in [0.4, 0.5) is 5.69 Å². The van der Waals surface area contributed by atoms with Crippen molar-refractivity contribution in [2.75, 3.05) is 17.5 Å². The van der Waals surface area contributed by atoms with Gasteiger partial charge in [-0.3, -0.25) is 4.31 Å². The van der Waals surface area contributed by atoms with Crippen molar-refractivity contribution >= 4 is 15.7 Å². The summed E-state index contributed by atoms with van der Waals surface area (Å²) in [6.45, 7) is 0.897. The molecule has 2 aromatic rings. The van der Waals surface area contributed by atoms with Gasteiger partial charge < -0.3 is 9.47 Å². The van der Waals surface area contributed by atoms with E-state index < -0.39 is 10.0 Å². The molecule has 21 heavy (non-hydrogen) atoms. The van der Waals surface area contributed by atoms with Crippen LogP contribution in [-0.4, -0.2) is 27.7 Å². The van der Waals surface area contributed by atoms with E-state index in [0.29, 0.717) is 30.3 Å². The first kappa shape index (κ1) is 12.7. The first-order valence-corrected chi connectivity index (χ1v) is 8.10. The molecule has 6 heteroatoms. The molecule has 1 unspecified atom stereocenters. The van der Waals surface area contributed by atoms with Gasteiger partial charge in [-0.15, -0.1) is 0 Å². The Morgan fingerprint density at radius 3 is 2.48 bits per heavy atom. The molecule has 4 rings (SSSR count). The molecule has 5 nitrogen and oxygen atoms in total. The standard InChI is InChI=1S/C15H13NO4S/c17-21(18)15-8-4-3-7-14(15)20-13-6-2-1-5-12(13)16(21)9-11-10-19-11/h1-8,11H,9-10H2. The van der Waals surface area contributed by atoms with E-state index in [2.05, 4.69) is 0 Å². The van der Waals surface area contributed by atoms with Crippen LogP contribution in [0.5, 0.6) is 11.5 Å². The molecule has 0 radical (unpaired) electrons. The van der Waals surface area contributed by atoms with Crippen molar-refractivity contribution in [3.8, 4) is 11.5 Å². The highest BCUT2D eigenvalue weighted by Gasteiger charge is 2.37. The lowest BCUT2D eigenvalue weighted by molar-refractivity contribution is 0.412. The maximum atomic E-state index is 12.9. The summed E-state index contributed by atoms with van der Waals surface area (Å²) in [5.41, 5.74) is 0.546. The Kier molecular flexibility index (Phi) is 2.70. The van der Waals surface area contributed by atoms with Crippen LogP contribution in [0.3, 0.4) is 0 Å². The van der Waals surface area contributed by atoms with Crippen molar-refractivity contribution in [1.82, 2.24) is 0 Å². The minimum absolute atomic E-state index is 0.0434. The minimum Gasteiger partial charge on any atom is -0.454 e. The molecular formula is C15H13NO4S. The average Bonchev–Trinajstić information content (AvgIpc) is 3.30. The van der Waals surface area contributed by atoms with Crippen molar-refractivity contribution in [3.05, 3.63) is 48.5 Å². The summed E-state index contributed by atoms with van der Waals surface area (Å²) in [6, 6.07) is 13.8. The molecule has 0 N–H and O–H groups in total. The van der Waals surface area contributed by atoms with Crippen LogP contribution < -0.4 is 9.04 Å². The molecule has 0 aliphatic carbocycles. The van der Waals surface area contributed by atoms with E-state index in [9.17, 15) is 8.42 Å². The third-order valence-corrected chi connectivity index (χ3v) is 5.36. The number of hydrogen-bond acceptors (Lipinski definition) is 4. The second-order valence-corrected chi connectivity index (χ2v) is 6.84. The van der Waals surface area contributed by atoms with Gasteiger partial charge in [0.2, 0.25) is 0 Å². The molecule has 2 aliphatic heterocycles. The molecule has 0 amide bonds. The summed E-state index contributed by atoms with van der Waals surface area (Å²) in [5.74, 6) is 0.885. The second kappa shape index (κ2) is 4.47. The average molecular weight is 303 g/mol. The summed E-state index contributed by atoms with van der Waals surface area (Å²) in [6.07, 6.45) is -0.0434. The molecule has 108 valence electrons. The highest BCUT2D eigenvalue weighted by atomic mass is 32.2. The lowest BCUT2D eigenvalue weighted by Crippen LogP contribution is -2.33. The van der Waals surface area contributed by atoms with Crippen molar-refractivity contribution in [2.24, 2.45) is 0 Å². The van der Waals surface area contributed by atoms with E-state index in [4.69, 9.17) is 9.47 Å². The van der Waals surface area contributed by atoms with Crippen LogP contribution in [0, 0.1) is 0 Å². The number of epoxide rings is 1. The van der Waals surface area contributed by atoms with E-state index in [1.165, 1.54) is 4.31 Å². The van der Waals surface area contributed by atoms with Crippen molar-refractivity contribution < 1.29 is 17.9 Å². The molecule has 0 saturated carbocycles. The van der Waals surface area contributed by atoms with E-state index in [1.54, 1.807) is 42.5 Å². The van der Waals surface area contributed by atoms with Crippen LogP contribution in [0.2, 0.25) is 0 Å². The lowest BCUT2D eigenvalue weighted by Gasteiger charge is -2.22. The number of rotatable bonds is 2. The summed E-state index contributed by atoms with van der Waals surface area (Å²) >= 11 is 0. The lowest BCUT2D eigenvalue weighted by atomic mass is 10.2. The topological polar surface area (TPSA) is 59.1 Å². The molecule has 2 aliphatic rings. The van der Waals surface area contributed by atoms with Crippen LogP contribution in [-0.2, 0) is 14.8 Å². The Balaban J connectivity index is 1.95. The van der Waals surface area contributed by atoms with Crippen LogP contribution in [0.1, 0.15) is 0 Å². The fourth-order valence-corrected chi connectivity index (χ4v) is 4.04. The fourth-order valence-electron chi connectivity index (χ4n) is 2.42. The zero-order valence-electron chi connectivity index (χ0n) is 11.1. The predicted molar refractivity (Wildman–Crippen MR) is 77.2 cm³/mol. The van der Waals surface area contributed by atoms with Gasteiger partial charge in [-0.2, -0.15) is 0 Å². The van der Waals surface area contributed by atoms with Gasteiger partial charge in [0.15, 0.2) is 5.75 Å². The first-order chi connectivity index (χ1) is 10.2. The molecule has 0 aromatic heterocycles. The molecule has 2 aromatic carbocycles. The summed E-state index contributed by atoms with van der Waals surface area (Å²) in [7, 11) is -3.66. The van der Waals surface area contributed by atoms with Gasteiger partial charge in [-0.25, -0.2) is 8.42 Å². The zero-order valence-corrected chi connectivity index (χ0v) is 11.9. The van der Waals surface area contributed by atoms with E-state index in [0.717, 1.165) is 0 Å². The second-order valence-electron chi connectivity index (χ2n) is 5.01. The number of para-hydroxylation sites is 3. The maximum absolute atomic E-state index is 12.9. The number of anilines is 1. The number of hydrogen-bond donors (Lipinski definition) is 0. The van der Waals surface area contributed by atoms with Gasteiger partial charge in [0.1, 0.15) is 10.6 Å². The fraction of sp³-hybridized carbons (Fsp3) is 0.200. The first-order valence-electron chi connectivity index (χ1n) is 6.66. The molecule has 0 bridgehead atoms. The van der Waals surface area contributed by atoms with Crippen molar-refractivity contribution in [1.29, 1.82) is 0 Å². The quantitative estimate of drug-likeness (QED) is 0.799. The Morgan fingerprint density at radius 2 is 1.71 bits per heavy atom. The Bertz CT molecular complexity index is 799. The number of benzene rings is 2. The molecular weight excluding hydrogens is 290 g/mol. The largest absolute Gasteiger partial charge is 0.454 e. The molecule has 1 saturated heterocycles. The van der Waals surface area contributed by atoms with Gasteiger partial charge >= 0.3 is 0 Å². The number of ether oxygens (including phenoxy) is 2. The third-order valence-electron chi connectivity index (χ3n) is 3.54. The highest BCUT2D eigenvalue weighted by Crippen LogP contribution is 2.42. The maximum Gasteiger partial charge on any atom is 0.268 e. The number of nitrogens with zero attached hydrogens (tertiary/aromatic N) is 1.